The molecule has 0 bridgehead atoms. The largest absolute Gasteiger partial charge is 0.478 e. The highest BCUT2D eigenvalue weighted by atomic mass is 16.5. The predicted octanol–water partition coefficient (Wildman–Crippen LogP) is 5.42. The average Bonchev–Trinajstić information content (AvgIpc) is 2.92. The van der Waals surface area contributed by atoms with E-state index >= 15 is 0 Å². The number of aromatic carboxylic acids is 1. The van der Waals surface area contributed by atoms with Crippen LogP contribution < -0.4 is 10.1 Å². The third-order valence-corrected chi connectivity index (χ3v) is 6.62. The number of aromatic nitrogens is 1. The number of benzene rings is 3. The van der Waals surface area contributed by atoms with Crippen molar-refractivity contribution in [2.75, 3.05) is 6.54 Å². The van der Waals surface area contributed by atoms with Crippen molar-refractivity contribution >= 4 is 5.97 Å². The molecule has 1 aliphatic rings. The molecule has 6 heteroatoms. The van der Waals surface area contributed by atoms with Crippen LogP contribution in [0.15, 0.2) is 91.3 Å². The van der Waals surface area contributed by atoms with E-state index in [1.807, 2.05) is 36.4 Å². The number of para-hydroxylation sites is 1. The van der Waals surface area contributed by atoms with Gasteiger partial charge in [-0.1, -0.05) is 48.5 Å². The van der Waals surface area contributed by atoms with E-state index < -0.39 is 12.1 Å². The number of aryl methyl sites for hydroxylation is 1. The molecule has 0 spiro atoms. The van der Waals surface area contributed by atoms with E-state index in [2.05, 4.69) is 28.5 Å². The summed E-state index contributed by atoms with van der Waals surface area (Å²) in [7, 11) is 0. The number of fused-ring (bicyclic) bond motifs is 1. The van der Waals surface area contributed by atoms with Crippen LogP contribution in [0.25, 0.3) is 11.1 Å². The lowest BCUT2D eigenvalue weighted by Gasteiger charge is -2.27. The van der Waals surface area contributed by atoms with Crippen LogP contribution >= 0.6 is 0 Å². The topological polar surface area (TPSA) is 91.7 Å². The molecule has 4 aromatic rings. The molecule has 1 aliphatic carbocycles. The second-order valence-corrected chi connectivity index (χ2v) is 9.06. The number of rotatable bonds is 8. The molecular formula is C30H28N2O4. The van der Waals surface area contributed by atoms with Crippen LogP contribution in [0.2, 0.25) is 0 Å². The van der Waals surface area contributed by atoms with Crippen LogP contribution in [0, 0.1) is 0 Å². The highest BCUT2D eigenvalue weighted by Gasteiger charge is 2.21. The molecule has 1 heterocycles. The summed E-state index contributed by atoms with van der Waals surface area (Å²) in [4.78, 5) is 15.9. The summed E-state index contributed by atoms with van der Waals surface area (Å²) in [6, 6.07) is 24.8. The molecular weight excluding hydrogens is 452 g/mol. The Balaban J connectivity index is 1.33. The molecule has 182 valence electrons. The Kier molecular flexibility index (Phi) is 7.07. The third kappa shape index (κ3) is 5.46. The maximum atomic E-state index is 11.8. The number of nitrogens with one attached hydrogen (secondary N) is 1. The summed E-state index contributed by atoms with van der Waals surface area (Å²) < 4.78 is 5.93. The van der Waals surface area contributed by atoms with Crippen LogP contribution in [0.3, 0.4) is 0 Å². The molecule has 1 aromatic heterocycles. The molecule has 36 heavy (non-hydrogen) atoms. The molecule has 0 unspecified atom stereocenters. The zero-order chi connectivity index (χ0) is 24.9. The quantitative estimate of drug-likeness (QED) is 0.312. The molecule has 0 amide bonds. The van der Waals surface area contributed by atoms with Gasteiger partial charge in [-0.05, 0) is 71.8 Å². The smallest absolute Gasteiger partial charge is 0.339 e. The van der Waals surface area contributed by atoms with Crippen molar-refractivity contribution in [2.45, 2.75) is 31.4 Å². The molecule has 6 nitrogen and oxygen atoms in total. The van der Waals surface area contributed by atoms with Crippen LogP contribution in [-0.2, 0) is 12.8 Å². The normalized spacial score (nSPS) is 15.6. The van der Waals surface area contributed by atoms with Gasteiger partial charge in [0.2, 0.25) is 0 Å². The van der Waals surface area contributed by atoms with Gasteiger partial charge in [0, 0.05) is 30.5 Å². The van der Waals surface area contributed by atoms with E-state index in [0.29, 0.717) is 18.0 Å². The number of ether oxygens (including phenoxy) is 1. The number of carbonyl (C=O) groups is 1. The predicted molar refractivity (Wildman–Crippen MR) is 138 cm³/mol. The molecule has 0 saturated heterocycles. The Labute approximate surface area is 210 Å². The molecule has 0 saturated carbocycles. The van der Waals surface area contributed by atoms with Gasteiger partial charge in [-0.25, -0.2) is 4.79 Å². The highest BCUT2D eigenvalue weighted by molar-refractivity contribution is 5.92. The first kappa shape index (κ1) is 23.7. The number of carboxylic acids is 1. The Hall–Kier alpha value is -4.00. The minimum Gasteiger partial charge on any atom is -0.478 e. The Morgan fingerprint density at radius 1 is 1.00 bits per heavy atom. The maximum Gasteiger partial charge on any atom is 0.339 e. The minimum atomic E-state index is -1.03. The van der Waals surface area contributed by atoms with Crippen molar-refractivity contribution in [2.24, 2.45) is 0 Å². The van der Waals surface area contributed by atoms with Crippen molar-refractivity contribution < 1.29 is 19.7 Å². The number of carboxylic acid groups (broad SMARTS) is 1. The van der Waals surface area contributed by atoms with E-state index in [4.69, 9.17) is 4.74 Å². The first-order valence-corrected chi connectivity index (χ1v) is 12.1. The van der Waals surface area contributed by atoms with Gasteiger partial charge in [0.05, 0.1) is 6.10 Å². The first-order chi connectivity index (χ1) is 17.6. The number of nitrogens with zero attached hydrogens (tertiary/aromatic N) is 1. The number of aliphatic hydroxyl groups is 1. The molecule has 5 rings (SSSR count). The third-order valence-electron chi connectivity index (χ3n) is 6.62. The van der Waals surface area contributed by atoms with Crippen molar-refractivity contribution in [3.8, 4) is 22.6 Å². The lowest BCUT2D eigenvalue weighted by molar-refractivity contribution is 0.0694. The Bertz CT molecular complexity index is 1340. The van der Waals surface area contributed by atoms with Crippen LogP contribution in [-0.4, -0.2) is 33.8 Å². The fourth-order valence-electron chi connectivity index (χ4n) is 4.66. The molecule has 2 atom stereocenters. The average molecular weight is 481 g/mol. The first-order valence-electron chi connectivity index (χ1n) is 12.1. The lowest BCUT2D eigenvalue weighted by Crippen LogP contribution is -2.37. The molecule has 3 aromatic carbocycles. The molecule has 0 radical (unpaired) electrons. The van der Waals surface area contributed by atoms with Crippen LogP contribution in [0.5, 0.6) is 11.5 Å². The molecule has 0 aliphatic heterocycles. The standard InChI is InChI=1S/C30H28N2O4/c33-28(23-5-4-14-31-18-23)19-32-25-12-10-20-8-9-21(15-24(20)16-25)22-11-13-27(30(34)35)29(17-22)36-26-6-2-1-3-7-26/h1-9,11,13-15,17-18,25,28,32-33H,10,12,16,19H2,(H,34,35)/t25-,28+/m0/s1. The monoisotopic (exact) mass is 480 g/mol. The summed E-state index contributed by atoms with van der Waals surface area (Å²) >= 11 is 0. The zero-order valence-corrected chi connectivity index (χ0v) is 19.8. The van der Waals surface area contributed by atoms with Gasteiger partial charge in [0.25, 0.3) is 0 Å². The fraction of sp³-hybridized carbons (Fsp3) is 0.200. The van der Waals surface area contributed by atoms with E-state index in [9.17, 15) is 15.0 Å². The summed E-state index contributed by atoms with van der Waals surface area (Å²) in [6.07, 6.45) is 5.64. The van der Waals surface area contributed by atoms with Crippen molar-refractivity contribution in [1.29, 1.82) is 0 Å². The molecule has 3 N–H and O–H groups in total. The number of hydrogen-bond acceptors (Lipinski definition) is 5. The zero-order valence-electron chi connectivity index (χ0n) is 19.8. The lowest BCUT2D eigenvalue weighted by atomic mass is 9.86. The fourth-order valence-corrected chi connectivity index (χ4v) is 4.66. The van der Waals surface area contributed by atoms with Gasteiger partial charge >= 0.3 is 5.97 Å². The van der Waals surface area contributed by atoms with Crippen LogP contribution in [0.4, 0.5) is 0 Å². The summed E-state index contributed by atoms with van der Waals surface area (Å²) in [6.45, 7) is 0.474. The van der Waals surface area contributed by atoms with Gasteiger partial charge in [0.1, 0.15) is 17.1 Å². The van der Waals surface area contributed by atoms with E-state index in [-0.39, 0.29) is 11.6 Å². The van der Waals surface area contributed by atoms with E-state index in [0.717, 1.165) is 36.0 Å². The highest BCUT2D eigenvalue weighted by Crippen LogP contribution is 2.33. The summed E-state index contributed by atoms with van der Waals surface area (Å²) in [5.74, 6) is -0.127. The van der Waals surface area contributed by atoms with E-state index in [1.54, 1.807) is 36.7 Å². The van der Waals surface area contributed by atoms with Crippen LogP contribution in [0.1, 0.15) is 39.6 Å². The van der Waals surface area contributed by atoms with Crippen molar-refractivity contribution in [3.63, 3.8) is 0 Å². The van der Waals surface area contributed by atoms with Gasteiger partial charge in [-0.15, -0.1) is 0 Å². The Morgan fingerprint density at radius 2 is 1.81 bits per heavy atom. The second kappa shape index (κ2) is 10.7. The maximum absolute atomic E-state index is 11.8. The van der Waals surface area contributed by atoms with Gasteiger partial charge in [-0.2, -0.15) is 0 Å². The van der Waals surface area contributed by atoms with Gasteiger partial charge in [-0.3, -0.25) is 4.98 Å². The summed E-state index contributed by atoms with van der Waals surface area (Å²) in [5.41, 5.74) is 5.43. The number of pyridine rings is 1. The number of hydrogen-bond donors (Lipinski definition) is 3. The summed E-state index contributed by atoms with van der Waals surface area (Å²) in [5, 5.41) is 23.6. The second-order valence-electron chi connectivity index (χ2n) is 9.06. The minimum absolute atomic E-state index is 0.122. The van der Waals surface area contributed by atoms with Gasteiger partial charge in [0.15, 0.2) is 0 Å². The van der Waals surface area contributed by atoms with Crippen molar-refractivity contribution in [3.05, 3.63) is 114 Å². The molecule has 0 fully saturated rings. The van der Waals surface area contributed by atoms with Gasteiger partial charge < -0.3 is 20.3 Å². The number of aliphatic hydroxyl groups excluding tert-OH is 1. The SMILES string of the molecule is O=C(O)c1ccc(-c2ccc3c(c2)C[C@@H](NC[C@@H](O)c2cccnc2)CC3)cc1Oc1ccccc1. The van der Waals surface area contributed by atoms with E-state index in [1.165, 1.54) is 11.1 Å². The van der Waals surface area contributed by atoms with Crippen molar-refractivity contribution in [1.82, 2.24) is 10.3 Å². The Morgan fingerprint density at radius 3 is 2.58 bits per heavy atom.